The first-order valence-electron chi connectivity index (χ1n) is 8.96. The van der Waals surface area contributed by atoms with E-state index in [1.54, 1.807) is 12.4 Å². The Balaban J connectivity index is 0.00000243. The Morgan fingerprint density at radius 2 is 1.73 bits per heavy atom. The van der Waals surface area contributed by atoms with E-state index in [1.807, 2.05) is 12.1 Å². The summed E-state index contributed by atoms with van der Waals surface area (Å²) in [4.78, 5) is 18.0. The minimum absolute atomic E-state index is 0. The molecule has 7 heteroatoms. The lowest BCUT2D eigenvalue weighted by atomic mass is 10.2. The van der Waals surface area contributed by atoms with Crippen LogP contribution >= 0.6 is 24.0 Å². The Labute approximate surface area is 172 Å². The van der Waals surface area contributed by atoms with Gasteiger partial charge in [0, 0.05) is 51.7 Å². The Hall–Kier alpha value is -1.90. The quantitative estimate of drug-likeness (QED) is 0.417. The molecule has 1 aliphatic heterocycles. The number of piperazine rings is 1. The van der Waals surface area contributed by atoms with Gasteiger partial charge in [0.2, 0.25) is 5.95 Å². The summed E-state index contributed by atoms with van der Waals surface area (Å²) in [5.74, 6) is 1.82. The van der Waals surface area contributed by atoms with Crippen molar-refractivity contribution in [2.45, 2.75) is 13.3 Å². The van der Waals surface area contributed by atoms with Crippen LogP contribution in [0.15, 0.2) is 53.8 Å². The van der Waals surface area contributed by atoms with Gasteiger partial charge in [-0.2, -0.15) is 0 Å². The van der Waals surface area contributed by atoms with E-state index in [9.17, 15) is 0 Å². The maximum absolute atomic E-state index is 4.81. The van der Waals surface area contributed by atoms with Crippen molar-refractivity contribution < 1.29 is 0 Å². The van der Waals surface area contributed by atoms with Gasteiger partial charge in [-0.05, 0) is 25.0 Å². The zero-order valence-electron chi connectivity index (χ0n) is 15.2. The van der Waals surface area contributed by atoms with E-state index in [0.29, 0.717) is 0 Å². The average molecular weight is 466 g/mol. The molecule has 26 heavy (non-hydrogen) atoms. The summed E-state index contributed by atoms with van der Waals surface area (Å²) in [5, 5.41) is 3.42. The molecule has 1 fully saturated rings. The molecule has 0 unspecified atom stereocenters. The van der Waals surface area contributed by atoms with Crippen LogP contribution in [-0.2, 0) is 6.42 Å². The maximum atomic E-state index is 4.81. The fourth-order valence-corrected chi connectivity index (χ4v) is 2.93. The van der Waals surface area contributed by atoms with Gasteiger partial charge in [0.25, 0.3) is 0 Å². The molecule has 0 bridgehead atoms. The van der Waals surface area contributed by atoms with Gasteiger partial charge in [-0.1, -0.05) is 30.3 Å². The van der Waals surface area contributed by atoms with Crippen LogP contribution in [0, 0.1) is 0 Å². The minimum atomic E-state index is 0. The van der Waals surface area contributed by atoms with Gasteiger partial charge in [-0.3, -0.25) is 4.99 Å². The van der Waals surface area contributed by atoms with E-state index in [0.717, 1.165) is 57.6 Å². The van der Waals surface area contributed by atoms with Gasteiger partial charge in [0.05, 0.1) is 0 Å². The molecule has 1 aromatic carbocycles. The second kappa shape index (κ2) is 10.9. The van der Waals surface area contributed by atoms with Crippen molar-refractivity contribution in [3.63, 3.8) is 0 Å². The molecule has 0 saturated carbocycles. The molecule has 0 atom stereocenters. The topological polar surface area (TPSA) is 56.7 Å². The Morgan fingerprint density at radius 3 is 2.38 bits per heavy atom. The van der Waals surface area contributed by atoms with E-state index in [2.05, 4.69) is 56.3 Å². The van der Waals surface area contributed by atoms with Crippen LogP contribution in [0.1, 0.15) is 12.5 Å². The zero-order valence-corrected chi connectivity index (χ0v) is 17.5. The molecule has 1 saturated heterocycles. The molecule has 3 rings (SSSR count). The third kappa shape index (κ3) is 5.82. The lowest BCUT2D eigenvalue weighted by Gasteiger charge is -2.36. The number of rotatable bonds is 5. The molecule has 2 aromatic rings. The lowest BCUT2D eigenvalue weighted by Crippen LogP contribution is -2.53. The average Bonchev–Trinajstić information content (AvgIpc) is 2.69. The van der Waals surface area contributed by atoms with E-state index in [1.165, 1.54) is 5.56 Å². The van der Waals surface area contributed by atoms with Crippen molar-refractivity contribution in [3.05, 3.63) is 54.4 Å². The predicted octanol–water partition coefficient (Wildman–Crippen LogP) is 2.42. The molecule has 1 N–H and O–H groups in total. The number of hydrogen-bond acceptors (Lipinski definition) is 4. The third-order valence-corrected chi connectivity index (χ3v) is 4.25. The van der Waals surface area contributed by atoms with Crippen LogP contribution < -0.4 is 10.2 Å². The van der Waals surface area contributed by atoms with Gasteiger partial charge in [0.15, 0.2) is 5.96 Å². The van der Waals surface area contributed by atoms with Crippen LogP contribution in [0.2, 0.25) is 0 Å². The van der Waals surface area contributed by atoms with E-state index < -0.39 is 0 Å². The molecular formula is C19H27IN6. The first-order chi connectivity index (χ1) is 12.4. The second-order valence-corrected chi connectivity index (χ2v) is 5.99. The van der Waals surface area contributed by atoms with Crippen molar-refractivity contribution in [3.8, 4) is 0 Å². The number of aliphatic imine (C=N–C) groups is 1. The highest BCUT2D eigenvalue weighted by molar-refractivity contribution is 14.0. The highest BCUT2D eigenvalue weighted by Crippen LogP contribution is 2.10. The molecule has 0 aliphatic carbocycles. The Kier molecular flexibility index (Phi) is 8.60. The number of anilines is 1. The number of guanidine groups is 1. The summed E-state index contributed by atoms with van der Waals surface area (Å²) in [6.45, 7) is 7.46. The molecule has 0 radical (unpaired) electrons. The Morgan fingerprint density at radius 1 is 1.04 bits per heavy atom. The first-order valence-corrected chi connectivity index (χ1v) is 8.96. The van der Waals surface area contributed by atoms with E-state index >= 15 is 0 Å². The number of benzene rings is 1. The minimum Gasteiger partial charge on any atom is -0.357 e. The second-order valence-electron chi connectivity index (χ2n) is 5.99. The lowest BCUT2D eigenvalue weighted by molar-refractivity contribution is 0.370. The third-order valence-electron chi connectivity index (χ3n) is 4.25. The first kappa shape index (κ1) is 20.4. The van der Waals surface area contributed by atoms with E-state index in [-0.39, 0.29) is 24.0 Å². The van der Waals surface area contributed by atoms with E-state index in [4.69, 9.17) is 4.99 Å². The molecule has 140 valence electrons. The smallest absolute Gasteiger partial charge is 0.225 e. The van der Waals surface area contributed by atoms with Crippen molar-refractivity contribution in [1.82, 2.24) is 20.2 Å². The summed E-state index contributed by atoms with van der Waals surface area (Å²) < 4.78 is 0. The predicted molar refractivity (Wildman–Crippen MR) is 117 cm³/mol. The Bertz CT molecular complexity index is 656. The molecule has 1 aliphatic rings. The number of nitrogens with one attached hydrogen (secondary N) is 1. The monoisotopic (exact) mass is 466 g/mol. The summed E-state index contributed by atoms with van der Waals surface area (Å²) >= 11 is 0. The largest absolute Gasteiger partial charge is 0.357 e. The van der Waals surface area contributed by atoms with Crippen LogP contribution in [-0.4, -0.2) is 60.1 Å². The van der Waals surface area contributed by atoms with Crippen LogP contribution in [0.4, 0.5) is 5.95 Å². The van der Waals surface area contributed by atoms with Gasteiger partial charge < -0.3 is 15.1 Å². The number of aromatic nitrogens is 2. The molecule has 6 nitrogen and oxygen atoms in total. The van der Waals surface area contributed by atoms with Gasteiger partial charge >= 0.3 is 0 Å². The van der Waals surface area contributed by atoms with Crippen LogP contribution in [0.3, 0.4) is 0 Å². The molecule has 0 amide bonds. The van der Waals surface area contributed by atoms with Crippen molar-refractivity contribution in [2.24, 2.45) is 4.99 Å². The molecular weight excluding hydrogens is 439 g/mol. The maximum Gasteiger partial charge on any atom is 0.225 e. The van der Waals surface area contributed by atoms with Gasteiger partial charge in [-0.15, -0.1) is 24.0 Å². The zero-order chi connectivity index (χ0) is 17.3. The molecule has 2 heterocycles. The van der Waals surface area contributed by atoms with Crippen molar-refractivity contribution in [1.29, 1.82) is 0 Å². The highest BCUT2D eigenvalue weighted by atomic mass is 127. The molecule has 1 aromatic heterocycles. The van der Waals surface area contributed by atoms with Gasteiger partial charge in [0.1, 0.15) is 0 Å². The van der Waals surface area contributed by atoms with Crippen molar-refractivity contribution >= 4 is 35.9 Å². The number of nitrogens with zero attached hydrogens (tertiary/aromatic N) is 5. The van der Waals surface area contributed by atoms with Crippen LogP contribution in [0.5, 0.6) is 0 Å². The fraction of sp³-hybridized carbons (Fsp3) is 0.421. The summed E-state index contributed by atoms with van der Waals surface area (Å²) in [7, 11) is 0. The van der Waals surface area contributed by atoms with Gasteiger partial charge in [-0.25, -0.2) is 9.97 Å². The SMILES string of the molecule is CCNC(=NCCc1ccccc1)N1CCN(c2ncccn2)CC1.I. The van der Waals surface area contributed by atoms with Crippen molar-refractivity contribution in [2.75, 3.05) is 44.2 Å². The highest BCUT2D eigenvalue weighted by Gasteiger charge is 2.20. The standard InChI is InChI=1S/C19H26N6.HI/c1-2-20-18(23-12-9-17-7-4-3-5-8-17)24-13-15-25(16-14-24)19-21-10-6-11-22-19;/h3-8,10-11H,2,9,12-16H2,1H3,(H,20,23);1H. The normalized spacial score (nSPS) is 14.7. The summed E-state index contributed by atoms with van der Waals surface area (Å²) in [6.07, 6.45) is 4.56. The van der Waals surface area contributed by atoms with Crippen LogP contribution in [0.25, 0.3) is 0 Å². The number of hydrogen-bond donors (Lipinski definition) is 1. The number of halogens is 1. The fourth-order valence-electron chi connectivity index (χ4n) is 2.93. The summed E-state index contributed by atoms with van der Waals surface area (Å²) in [6, 6.07) is 12.4. The summed E-state index contributed by atoms with van der Waals surface area (Å²) in [5.41, 5.74) is 1.33. The molecule has 0 spiro atoms.